The monoisotopic (exact) mass is 142 g/mol. The molecule has 0 atom stereocenters. The van der Waals surface area contributed by atoms with Crippen LogP contribution >= 0.6 is 0 Å². The molecule has 0 aliphatic carbocycles. The first-order valence-electron chi connectivity index (χ1n) is 3.48. The Bertz CT molecular complexity index is 121. The highest BCUT2D eigenvalue weighted by Gasteiger charge is 1.85. The van der Waals surface area contributed by atoms with Crippen LogP contribution in [-0.4, -0.2) is 5.91 Å². The highest BCUT2D eigenvalue weighted by atomic mass is 16.2. The van der Waals surface area contributed by atoms with Crippen molar-refractivity contribution < 1.29 is 4.79 Å². The minimum absolute atomic E-state index is 0.240. The molecule has 10 heavy (non-hydrogen) atoms. The summed E-state index contributed by atoms with van der Waals surface area (Å²) in [4.78, 5) is 10.5. The zero-order chi connectivity index (χ0) is 7.82. The number of nitrogens with two attached hydrogens (primary N) is 1. The van der Waals surface area contributed by atoms with Crippen molar-refractivity contribution in [3.63, 3.8) is 0 Å². The van der Waals surface area contributed by atoms with Crippen LogP contribution in [0, 0.1) is 0 Å². The lowest BCUT2D eigenvalue weighted by atomic mass is 10.2. The molecule has 0 fully saturated rings. The molecule has 58 valence electrons. The van der Waals surface area contributed by atoms with E-state index >= 15 is 0 Å². The average Bonchev–Trinajstić information content (AvgIpc) is 1.98. The highest BCUT2D eigenvalue weighted by molar-refractivity contribution is 5.86. The zero-order valence-corrected chi connectivity index (χ0v) is 6.26. The van der Waals surface area contributed by atoms with Gasteiger partial charge >= 0.3 is 0 Å². The second-order valence-electron chi connectivity index (χ2n) is 2.05. The van der Waals surface area contributed by atoms with E-state index in [1.165, 1.54) is 6.08 Å². The summed E-state index contributed by atoms with van der Waals surface area (Å²) in [6.45, 7) is 2.11. The van der Waals surface area contributed by atoms with Crippen LogP contribution in [0.5, 0.6) is 0 Å². The van der Waals surface area contributed by atoms with Gasteiger partial charge in [0.25, 0.3) is 5.91 Å². The van der Waals surface area contributed by atoms with Crippen LogP contribution in [0.25, 0.3) is 0 Å². The Balaban J connectivity index is 3.27. The third-order valence-corrected chi connectivity index (χ3v) is 1.14. The van der Waals surface area contributed by atoms with Gasteiger partial charge in [0.15, 0.2) is 0 Å². The second kappa shape index (κ2) is 6.29. The molecule has 0 aliphatic rings. The molecule has 0 heterocycles. The quantitative estimate of drug-likeness (QED) is 0.200. The van der Waals surface area contributed by atoms with Crippen molar-refractivity contribution in [3.05, 3.63) is 12.2 Å². The van der Waals surface area contributed by atoms with Crippen molar-refractivity contribution in [2.75, 3.05) is 0 Å². The molecular formula is C7H14N2O. The van der Waals surface area contributed by atoms with Gasteiger partial charge in [0.2, 0.25) is 0 Å². The van der Waals surface area contributed by atoms with Crippen LogP contribution in [-0.2, 0) is 4.79 Å². The number of hydrogen-bond acceptors (Lipinski definition) is 2. The van der Waals surface area contributed by atoms with Gasteiger partial charge < -0.3 is 0 Å². The van der Waals surface area contributed by atoms with Crippen LogP contribution in [0.3, 0.4) is 0 Å². The van der Waals surface area contributed by atoms with Gasteiger partial charge in [-0.1, -0.05) is 25.8 Å². The molecule has 0 unspecified atom stereocenters. The molecule has 0 bridgehead atoms. The standard InChI is InChI=1S/C7H14N2O/c1-2-3-4-5-6-7(10)9-8/h5-6H,2-4,8H2,1H3,(H,9,10). The number of rotatable bonds is 4. The average molecular weight is 142 g/mol. The minimum Gasteiger partial charge on any atom is -0.291 e. The van der Waals surface area contributed by atoms with Gasteiger partial charge in [-0.05, 0) is 6.42 Å². The highest BCUT2D eigenvalue weighted by Crippen LogP contribution is 1.93. The van der Waals surface area contributed by atoms with Crippen LogP contribution in [0.4, 0.5) is 0 Å². The van der Waals surface area contributed by atoms with Gasteiger partial charge in [-0.15, -0.1) is 0 Å². The van der Waals surface area contributed by atoms with Gasteiger partial charge in [0.1, 0.15) is 0 Å². The number of nitrogens with one attached hydrogen (secondary N) is 1. The number of hydrazine groups is 1. The Labute approximate surface area is 61.3 Å². The SMILES string of the molecule is CCCCC=CC(=O)NN. The molecular weight excluding hydrogens is 128 g/mol. The summed E-state index contributed by atoms with van der Waals surface area (Å²) < 4.78 is 0. The van der Waals surface area contributed by atoms with E-state index in [4.69, 9.17) is 5.84 Å². The lowest BCUT2D eigenvalue weighted by Gasteiger charge is -1.89. The lowest BCUT2D eigenvalue weighted by molar-refractivity contribution is -0.116. The molecule has 3 heteroatoms. The summed E-state index contributed by atoms with van der Waals surface area (Å²) in [5, 5.41) is 0. The maximum absolute atomic E-state index is 10.5. The maximum atomic E-state index is 10.5. The third kappa shape index (κ3) is 5.31. The van der Waals surface area contributed by atoms with E-state index in [2.05, 4.69) is 6.92 Å². The molecule has 0 aromatic heterocycles. The van der Waals surface area contributed by atoms with Crippen molar-refractivity contribution >= 4 is 5.91 Å². The predicted octanol–water partition coefficient (Wildman–Crippen LogP) is 0.723. The van der Waals surface area contributed by atoms with Gasteiger partial charge in [0.05, 0.1) is 0 Å². The normalized spacial score (nSPS) is 10.2. The van der Waals surface area contributed by atoms with E-state index in [-0.39, 0.29) is 5.91 Å². The van der Waals surface area contributed by atoms with Crippen LogP contribution in [0.1, 0.15) is 26.2 Å². The first kappa shape index (κ1) is 9.17. The number of allylic oxidation sites excluding steroid dienone is 1. The van der Waals surface area contributed by atoms with Crippen molar-refractivity contribution in [1.82, 2.24) is 5.43 Å². The summed E-state index contributed by atoms with van der Waals surface area (Å²) in [6.07, 6.45) is 6.49. The van der Waals surface area contributed by atoms with E-state index in [1.807, 2.05) is 11.5 Å². The molecule has 1 amide bonds. The summed E-state index contributed by atoms with van der Waals surface area (Å²) in [6, 6.07) is 0. The molecule has 3 N–H and O–H groups in total. The Hall–Kier alpha value is -0.830. The molecule has 0 aromatic rings. The van der Waals surface area contributed by atoms with Crippen molar-refractivity contribution in [2.45, 2.75) is 26.2 Å². The number of hydrogen-bond donors (Lipinski definition) is 2. The first-order valence-corrected chi connectivity index (χ1v) is 3.48. The molecule has 0 rings (SSSR count). The minimum atomic E-state index is -0.240. The van der Waals surface area contributed by atoms with Gasteiger partial charge in [-0.3, -0.25) is 10.2 Å². The zero-order valence-electron chi connectivity index (χ0n) is 6.26. The third-order valence-electron chi connectivity index (χ3n) is 1.14. The van der Waals surface area contributed by atoms with E-state index < -0.39 is 0 Å². The summed E-state index contributed by atoms with van der Waals surface area (Å²) in [5.41, 5.74) is 2.02. The van der Waals surface area contributed by atoms with Gasteiger partial charge in [0, 0.05) is 6.08 Å². The Morgan fingerprint density at radius 2 is 2.40 bits per heavy atom. The molecule has 0 aromatic carbocycles. The Morgan fingerprint density at radius 1 is 1.70 bits per heavy atom. The fourth-order valence-corrected chi connectivity index (χ4v) is 0.560. The van der Waals surface area contributed by atoms with Crippen molar-refractivity contribution in [3.8, 4) is 0 Å². The summed E-state index contributed by atoms with van der Waals surface area (Å²) in [7, 11) is 0. The van der Waals surface area contributed by atoms with Gasteiger partial charge in [-0.2, -0.15) is 0 Å². The van der Waals surface area contributed by atoms with E-state index in [1.54, 1.807) is 0 Å². The maximum Gasteiger partial charge on any atom is 0.257 e. The van der Waals surface area contributed by atoms with Crippen LogP contribution in [0.15, 0.2) is 12.2 Å². The van der Waals surface area contributed by atoms with Crippen molar-refractivity contribution in [2.24, 2.45) is 5.84 Å². The molecule has 0 aliphatic heterocycles. The number of carbonyl (C=O) groups is 1. The molecule has 3 nitrogen and oxygen atoms in total. The molecule has 0 saturated heterocycles. The van der Waals surface area contributed by atoms with E-state index in [0.717, 1.165) is 19.3 Å². The Kier molecular flexibility index (Phi) is 5.77. The fourth-order valence-electron chi connectivity index (χ4n) is 0.560. The fraction of sp³-hybridized carbons (Fsp3) is 0.571. The smallest absolute Gasteiger partial charge is 0.257 e. The topological polar surface area (TPSA) is 55.1 Å². The van der Waals surface area contributed by atoms with Crippen molar-refractivity contribution in [1.29, 1.82) is 0 Å². The summed E-state index contributed by atoms with van der Waals surface area (Å²) in [5.74, 6) is 4.60. The second-order valence-corrected chi connectivity index (χ2v) is 2.05. The van der Waals surface area contributed by atoms with Crippen LogP contribution < -0.4 is 11.3 Å². The summed E-state index contributed by atoms with van der Waals surface area (Å²) >= 11 is 0. The largest absolute Gasteiger partial charge is 0.291 e. The van der Waals surface area contributed by atoms with Crippen LogP contribution in [0.2, 0.25) is 0 Å². The number of unbranched alkanes of at least 4 members (excludes halogenated alkanes) is 2. The number of amides is 1. The molecule has 0 saturated carbocycles. The lowest BCUT2D eigenvalue weighted by Crippen LogP contribution is -2.27. The first-order chi connectivity index (χ1) is 4.81. The molecule has 0 radical (unpaired) electrons. The Morgan fingerprint density at radius 3 is 2.90 bits per heavy atom. The predicted molar refractivity (Wildman–Crippen MR) is 41.0 cm³/mol. The number of carbonyl (C=O) groups excluding carboxylic acids is 1. The van der Waals surface area contributed by atoms with Gasteiger partial charge in [-0.25, -0.2) is 5.84 Å². The molecule has 0 spiro atoms. The van der Waals surface area contributed by atoms with E-state index in [0.29, 0.717) is 0 Å². The van der Waals surface area contributed by atoms with E-state index in [9.17, 15) is 4.79 Å².